The molecule has 3 rings (SSSR count). The van der Waals surface area contributed by atoms with E-state index in [4.69, 9.17) is 19.3 Å². The molecule has 33 heavy (non-hydrogen) atoms. The quantitative estimate of drug-likeness (QED) is 0.273. The van der Waals surface area contributed by atoms with Crippen LogP contribution in [0.25, 0.3) is 0 Å². The highest BCUT2D eigenvalue weighted by Gasteiger charge is 2.17. The van der Waals surface area contributed by atoms with Crippen LogP contribution >= 0.6 is 0 Å². The molecule has 0 saturated heterocycles. The fraction of sp³-hybridized carbons (Fsp3) is 0.259. The zero-order valence-corrected chi connectivity index (χ0v) is 18.6. The number of unbranched alkanes of at least 4 members (excludes halogenated alkanes) is 1. The van der Waals surface area contributed by atoms with E-state index in [1.54, 1.807) is 24.3 Å². The molecule has 0 unspecified atom stereocenters. The molecule has 0 bridgehead atoms. The summed E-state index contributed by atoms with van der Waals surface area (Å²) in [7, 11) is 1.37. The Morgan fingerprint density at radius 2 is 1.45 bits per heavy atom. The molecule has 0 aliphatic rings. The first kappa shape index (κ1) is 24.0. The number of carbonyl (C=O) groups is 2. The van der Waals surface area contributed by atoms with Crippen molar-refractivity contribution in [2.24, 2.45) is 0 Å². The zero-order valence-electron chi connectivity index (χ0n) is 18.6. The normalized spacial score (nSPS) is 11.5. The highest BCUT2D eigenvalue weighted by molar-refractivity contribution is 5.96. The van der Waals surface area contributed by atoms with Gasteiger partial charge < -0.3 is 19.3 Å². The minimum Gasteiger partial charge on any atom is -0.494 e. The maximum Gasteiger partial charge on any atom is 0.333 e. The predicted molar refractivity (Wildman–Crippen MR) is 125 cm³/mol. The lowest BCUT2D eigenvalue weighted by atomic mass is 10.0. The van der Waals surface area contributed by atoms with E-state index in [1.807, 2.05) is 54.6 Å². The highest BCUT2D eigenvalue weighted by Crippen LogP contribution is 2.23. The Balaban J connectivity index is 1.36. The minimum absolute atomic E-state index is 0.0606. The van der Waals surface area contributed by atoms with Crippen molar-refractivity contribution in [1.82, 2.24) is 0 Å². The Labute approximate surface area is 193 Å². The first-order valence-corrected chi connectivity index (χ1v) is 10.9. The Kier molecular flexibility index (Phi) is 9.03. The predicted octanol–water partition coefficient (Wildman–Crippen LogP) is 5.55. The molecule has 172 valence electrons. The lowest BCUT2D eigenvalue weighted by Crippen LogP contribution is -2.24. The number of carboxylic acids is 1. The molecule has 1 N–H and O–H groups in total. The number of benzene rings is 3. The third kappa shape index (κ3) is 7.77. The Morgan fingerprint density at radius 1 is 0.818 bits per heavy atom. The third-order valence-electron chi connectivity index (χ3n) is 5.13. The number of para-hydroxylation sites is 1. The number of methoxy groups -OCH3 is 1. The van der Waals surface area contributed by atoms with E-state index in [0.29, 0.717) is 18.6 Å². The molecular weight excluding hydrogens is 420 g/mol. The third-order valence-corrected chi connectivity index (χ3v) is 5.13. The molecule has 0 aliphatic heterocycles. The largest absolute Gasteiger partial charge is 0.494 e. The van der Waals surface area contributed by atoms with Gasteiger partial charge in [-0.05, 0) is 54.8 Å². The monoisotopic (exact) mass is 448 g/mol. The fourth-order valence-corrected chi connectivity index (χ4v) is 3.26. The van der Waals surface area contributed by atoms with Crippen LogP contribution in [0.5, 0.6) is 17.2 Å². The molecule has 1 atom stereocenters. The van der Waals surface area contributed by atoms with Gasteiger partial charge in [0.25, 0.3) is 0 Å². The van der Waals surface area contributed by atoms with Crippen molar-refractivity contribution in [1.29, 1.82) is 0 Å². The molecule has 3 aromatic carbocycles. The maximum atomic E-state index is 12.4. The van der Waals surface area contributed by atoms with Gasteiger partial charge in [-0.1, -0.05) is 42.5 Å². The van der Waals surface area contributed by atoms with E-state index in [2.05, 4.69) is 0 Å². The molecule has 0 aliphatic carbocycles. The second kappa shape index (κ2) is 12.4. The van der Waals surface area contributed by atoms with Gasteiger partial charge in [-0.25, -0.2) is 4.79 Å². The van der Waals surface area contributed by atoms with Gasteiger partial charge in [0.05, 0.1) is 6.61 Å². The standard InChI is InChI=1S/C27H28O6/c1-31-26(27(29)30)19-20-10-12-21(13-11-20)25(28)9-5-6-18-32-22-14-16-24(17-15-22)33-23-7-3-2-4-8-23/h2-4,7-8,10-17,26H,5-6,9,18-19H2,1H3,(H,29,30)/t26-/m0/s1. The number of carbonyl (C=O) groups excluding carboxylic acids is 1. The van der Waals surface area contributed by atoms with Crippen LogP contribution < -0.4 is 9.47 Å². The van der Waals surface area contributed by atoms with Crippen molar-refractivity contribution in [2.75, 3.05) is 13.7 Å². The van der Waals surface area contributed by atoms with Crippen molar-refractivity contribution in [3.05, 3.63) is 90.0 Å². The average molecular weight is 449 g/mol. The van der Waals surface area contributed by atoms with Gasteiger partial charge in [0.15, 0.2) is 11.9 Å². The lowest BCUT2D eigenvalue weighted by molar-refractivity contribution is -0.148. The van der Waals surface area contributed by atoms with Crippen LogP contribution in [0.2, 0.25) is 0 Å². The summed E-state index contributed by atoms with van der Waals surface area (Å²) in [5.74, 6) is 1.34. The smallest absolute Gasteiger partial charge is 0.333 e. The summed E-state index contributed by atoms with van der Waals surface area (Å²) in [5, 5.41) is 9.06. The summed E-state index contributed by atoms with van der Waals surface area (Å²) in [6.07, 6.45) is 1.29. The maximum absolute atomic E-state index is 12.4. The molecule has 0 saturated carbocycles. The van der Waals surface area contributed by atoms with Crippen molar-refractivity contribution in [2.45, 2.75) is 31.8 Å². The molecule has 6 nitrogen and oxygen atoms in total. The van der Waals surface area contributed by atoms with Crippen LogP contribution in [0.1, 0.15) is 35.2 Å². The summed E-state index contributed by atoms with van der Waals surface area (Å²) in [6, 6.07) is 24.1. The van der Waals surface area contributed by atoms with Crippen molar-refractivity contribution >= 4 is 11.8 Å². The van der Waals surface area contributed by atoms with Crippen LogP contribution in [0.3, 0.4) is 0 Å². The minimum atomic E-state index is -1.00. The Bertz CT molecular complexity index is 1010. The summed E-state index contributed by atoms with van der Waals surface area (Å²) in [5.41, 5.74) is 1.44. The van der Waals surface area contributed by atoms with Crippen LogP contribution in [0, 0.1) is 0 Å². The summed E-state index contributed by atoms with van der Waals surface area (Å²) >= 11 is 0. The van der Waals surface area contributed by atoms with Gasteiger partial charge in [-0.15, -0.1) is 0 Å². The first-order valence-electron chi connectivity index (χ1n) is 10.9. The summed E-state index contributed by atoms with van der Waals surface area (Å²) < 4.78 is 16.5. The molecule has 0 aromatic heterocycles. The molecule has 0 spiro atoms. The zero-order chi connectivity index (χ0) is 23.5. The number of hydrogen-bond acceptors (Lipinski definition) is 5. The van der Waals surface area contributed by atoms with Gasteiger partial charge in [0.1, 0.15) is 17.2 Å². The van der Waals surface area contributed by atoms with Gasteiger partial charge in [0.2, 0.25) is 0 Å². The van der Waals surface area contributed by atoms with E-state index < -0.39 is 12.1 Å². The molecule has 0 radical (unpaired) electrons. The van der Waals surface area contributed by atoms with E-state index in [0.717, 1.165) is 35.7 Å². The molecular formula is C27H28O6. The lowest BCUT2D eigenvalue weighted by Gasteiger charge is -2.10. The average Bonchev–Trinajstić information content (AvgIpc) is 2.84. The van der Waals surface area contributed by atoms with Crippen molar-refractivity contribution in [3.63, 3.8) is 0 Å². The number of rotatable bonds is 13. The second-order valence-corrected chi connectivity index (χ2v) is 7.58. The second-order valence-electron chi connectivity index (χ2n) is 7.58. The molecule has 3 aromatic rings. The number of carboxylic acid groups (broad SMARTS) is 1. The van der Waals surface area contributed by atoms with Crippen LogP contribution in [0.15, 0.2) is 78.9 Å². The fourth-order valence-electron chi connectivity index (χ4n) is 3.26. The van der Waals surface area contributed by atoms with Crippen molar-refractivity contribution in [3.8, 4) is 17.2 Å². The molecule has 0 amide bonds. The number of hydrogen-bond donors (Lipinski definition) is 1. The number of Topliss-reactive ketones (excluding diaryl/α,β-unsaturated/α-hetero) is 1. The first-order chi connectivity index (χ1) is 16.0. The van der Waals surface area contributed by atoms with Crippen LogP contribution in [-0.4, -0.2) is 36.7 Å². The van der Waals surface area contributed by atoms with E-state index in [-0.39, 0.29) is 12.2 Å². The van der Waals surface area contributed by atoms with E-state index in [1.165, 1.54) is 7.11 Å². The van der Waals surface area contributed by atoms with Crippen LogP contribution in [-0.2, 0) is 16.0 Å². The van der Waals surface area contributed by atoms with Crippen LogP contribution in [0.4, 0.5) is 0 Å². The number of aliphatic carboxylic acids is 1. The number of ketones is 1. The number of ether oxygens (including phenoxy) is 3. The van der Waals surface area contributed by atoms with E-state index in [9.17, 15) is 9.59 Å². The SMILES string of the molecule is CO[C@@H](Cc1ccc(C(=O)CCCCOc2ccc(Oc3ccccc3)cc2)cc1)C(=O)O. The van der Waals surface area contributed by atoms with Gasteiger partial charge in [0, 0.05) is 25.5 Å². The van der Waals surface area contributed by atoms with Gasteiger partial charge in [-0.3, -0.25) is 4.79 Å². The molecule has 0 fully saturated rings. The van der Waals surface area contributed by atoms with Gasteiger partial charge >= 0.3 is 5.97 Å². The Hall–Kier alpha value is -3.64. The molecule has 6 heteroatoms. The van der Waals surface area contributed by atoms with Gasteiger partial charge in [-0.2, -0.15) is 0 Å². The topological polar surface area (TPSA) is 82.1 Å². The van der Waals surface area contributed by atoms with E-state index >= 15 is 0 Å². The Morgan fingerprint density at radius 3 is 2.09 bits per heavy atom. The summed E-state index contributed by atoms with van der Waals surface area (Å²) in [6.45, 7) is 0.526. The molecule has 0 heterocycles. The summed E-state index contributed by atoms with van der Waals surface area (Å²) in [4.78, 5) is 23.4. The van der Waals surface area contributed by atoms with Crippen molar-refractivity contribution < 1.29 is 28.9 Å². The highest BCUT2D eigenvalue weighted by atomic mass is 16.5.